The van der Waals surface area contributed by atoms with E-state index in [0.717, 1.165) is 39.0 Å². The fourth-order valence-electron chi connectivity index (χ4n) is 3.13. The largest absolute Gasteiger partial charge is 0.444 e. The number of piperazine rings is 1. The minimum Gasteiger partial charge on any atom is -0.444 e. The molecule has 1 aromatic heterocycles. The van der Waals surface area contributed by atoms with Gasteiger partial charge in [-0.05, 0) is 47.3 Å². The minimum absolute atomic E-state index is 0.0855. The number of furan rings is 1. The molecule has 2 aliphatic rings. The van der Waals surface area contributed by atoms with Crippen LogP contribution < -0.4 is 0 Å². The second kappa shape index (κ2) is 7.49. The van der Waals surface area contributed by atoms with E-state index in [9.17, 15) is 9.59 Å². The predicted octanol–water partition coefficient (Wildman–Crippen LogP) is 1.81. The molecule has 3 heterocycles. The molecule has 0 aliphatic carbocycles. The van der Waals surface area contributed by atoms with Crippen molar-refractivity contribution >= 4 is 27.7 Å². The van der Waals surface area contributed by atoms with Crippen molar-refractivity contribution in [3.05, 3.63) is 22.6 Å². The number of rotatable bonds is 3. The molecule has 2 fully saturated rings. The van der Waals surface area contributed by atoms with Crippen molar-refractivity contribution in [3.8, 4) is 0 Å². The lowest BCUT2D eigenvalue weighted by molar-refractivity contribution is -0.133. The summed E-state index contributed by atoms with van der Waals surface area (Å²) in [5.74, 6) is 0.492. The van der Waals surface area contributed by atoms with Crippen LogP contribution in [-0.2, 0) is 4.79 Å². The zero-order chi connectivity index (χ0) is 16.2. The van der Waals surface area contributed by atoms with E-state index in [1.165, 1.54) is 6.42 Å². The average molecular weight is 384 g/mol. The maximum atomic E-state index is 12.3. The molecule has 7 heteroatoms. The van der Waals surface area contributed by atoms with Gasteiger partial charge < -0.3 is 14.2 Å². The quantitative estimate of drug-likeness (QED) is 0.798. The number of halogens is 1. The van der Waals surface area contributed by atoms with E-state index in [0.29, 0.717) is 30.1 Å². The van der Waals surface area contributed by atoms with Gasteiger partial charge in [0.2, 0.25) is 5.91 Å². The van der Waals surface area contributed by atoms with E-state index in [-0.39, 0.29) is 11.8 Å². The molecule has 126 valence electrons. The summed E-state index contributed by atoms with van der Waals surface area (Å²) in [7, 11) is 0. The third kappa shape index (κ3) is 4.14. The molecule has 0 N–H and O–H groups in total. The first kappa shape index (κ1) is 16.5. The summed E-state index contributed by atoms with van der Waals surface area (Å²) in [5, 5.41) is 0. The highest BCUT2D eigenvalue weighted by molar-refractivity contribution is 9.10. The fraction of sp³-hybridized carbons (Fsp3) is 0.625. The number of hydrogen-bond acceptors (Lipinski definition) is 4. The molecule has 0 saturated carbocycles. The van der Waals surface area contributed by atoms with E-state index in [4.69, 9.17) is 4.42 Å². The number of piperidine rings is 1. The molecule has 3 rings (SSSR count). The molecular weight excluding hydrogens is 362 g/mol. The lowest BCUT2D eigenvalue weighted by atomic mass is 10.1. The highest BCUT2D eigenvalue weighted by Gasteiger charge is 2.26. The lowest BCUT2D eigenvalue weighted by Crippen LogP contribution is -2.52. The summed E-state index contributed by atoms with van der Waals surface area (Å²) in [4.78, 5) is 30.5. The number of carbonyl (C=O) groups excluding carboxylic acids is 2. The first-order chi connectivity index (χ1) is 11.1. The van der Waals surface area contributed by atoms with Crippen molar-refractivity contribution in [2.24, 2.45) is 0 Å². The van der Waals surface area contributed by atoms with Gasteiger partial charge in [-0.15, -0.1) is 0 Å². The highest BCUT2D eigenvalue weighted by atomic mass is 79.9. The molecule has 6 nitrogen and oxygen atoms in total. The average Bonchev–Trinajstić information content (AvgIpc) is 3.02. The zero-order valence-electron chi connectivity index (χ0n) is 13.2. The van der Waals surface area contributed by atoms with Gasteiger partial charge in [-0.25, -0.2) is 0 Å². The van der Waals surface area contributed by atoms with Gasteiger partial charge in [0.05, 0.1) is 6.54 Å². The van der Waals surface area contributed by atoms with E-state index in [1.54, 1.807) is 17.0 Å². The standard InChI is InChI=1S/C16H22BrN3O3/c17-14-5-4-13(23-14)16(22)20-10-8-18(9-11-20)12-15(21)19-6-2-1-3-7-19/h4-5H,1-3,6-12H2. The van der Waals surface area contributed by atoms with Crippen LogP contribution in [0.15, 0.2) is 21.2 Å². The Morgan fingerprint density at radius 1 is 0.957 bits per heavy atom. The summed E-state index contributed by atoms with van der Waals surface area (Å²) in [5.41, 5.74) is 0. The van der Waals surface area contributed by atoms with E-state index < -0.39 is 0 Å². The van der Waals surface area contributed by atoms with Gasteiger partial charge in [-0.1, -0.05) is 0 Å². The SMILES string of the molecule is O=C(CN1CCN(C(=O)c2ccc(Br)o2)CC1)N1CCCCC1. The van der Waals surface area contributed by atoms with Gasteiger partial charge in [0.1, 0.15) is 0 Å². The maximum Gasteiger partial charge on any atom is 0.289 e. The van der Waals surface area contributed by atoms with Gasteiger partial charge >= 0.3 is 0 Å². The topological polar surface area (TPSA) is 57.0 Å². The van der Waals surface area contributed by atoms with Crippen LogP contribution in [0.2, 0.25) is 0 Å². The van der Waals surface area contributed by atoms with Crippen molar-refractivity contribution < 1.29 is 14.0 Å². The van der Waals surface area contributed by atoms with Crippen LogP contribution in [-0.4, -0.2) is 72.3 Å². The first-order valence-corrected chi connectivity index (χ1v) is 8.97. The molecule has 2 saturated heterocycles. The number of likely N-dealkylation sites (tertiary alicyclic amines) is 1. The number of amides is 2. The third-order valence-corrected chi connectivity index (χ3v) is 4.94. The molecular formula is C16H22BrN3O3. The molecule has 0 spiro atoms. The predicted molar refractivity (Wildman–Crippen MR) is 89.2 cm³/mol. The molecule has 23 heavy (non-hydrogen) atoms. The van der Waals surface area contributed by atoms with Crippen molar-refractivity contribution in [2.75, 3.05) is 45.8 Å². The number of hydrogen-bond donors (Lipinski definition) is 0. The minimum atomic E-state index is -0.0855. The highest BCUT2D eigenvalue weighted by Crippen LogP contribution is 2.17. The molecule has 0 unspecified atom stereocenters. The Morgan fingerprint density at radius 2 is 1.65 bits per heavy atom. The molecule has 2 aliphatic heterocycles. The molecule has 0 radical (unpaired) electrons. The summed E-state index contributed by atoms with van der Waals surface area (Å²) in [6, 6.07) is 3.40. The van der Waals surface area contributed by atoms with Crippen molar-refractivity contribution in [1.29, 1.82) is 0 Å². The van der Waals surface area contributed by atoms with Crippen LogP contribution in [0.3, 0.4) is 0 Å². The lowest BCUT2D eigenvalue weighted by Gasteiger charge is -2.35. The monoisotopic (exact) mass is 383 g/mol. The molecule has 2 amide bonds. The van der Waals surface area contributed by atoms with Gasteiger partial charge in [-0.3, -0.25) is 14.5 Å². The Balaban J connectivity index is 1.46. The van der Waals surface area contributed by atoms with Crippen LogP contribution in [0.4, 0.5) is 0 Å². The van der Waals surface area contributed by atoms with Crippen molar-refractivity contribution in [2.45, 2.75) is 19.3 Å². The van der Waals surface area contributed by atoms with Gasteiger partial charge in [0, 0.05) is 39.3 Å². The van der Waals surface area contributed by atoms with Gasteiger partial charge in [-0.2, -0.15) is 0 Å². The Morgan fingerprint density at radius 3 is 2.26 bits per heavy atom. The Hall–Kier alpha value is -1.34. The fourth-order valence-corrected chi connectivity index (χ4v) is 3.44. The maximum absolute atomic E-state index is 12.3. The number of carbonyl (C=O) groups is 2. The Labute approximate surface area is 144 Å². The molecule has 1 aromatic rings. The normalized spacial score (nSPS) is 19.9. The van der Waals surface area contributed by atoms with E-state index in [2.05, 4.69) is 20.8 Å². The second-order valence-corrected chi connectivity index (χ2v) is 6.90. The molecule has 0 atom stereocenters. The summed E-state index contributed by atoms with van der Waals surface area (Å²) >= 11 is 3.21. The summed E-state index contributed by atoms with van der Waals surface area (Å²) < 4.78 is 5.88. The van der Waals surface area contributed by atoms with Crippen molar-refractivity contribution in [3.63, 3.8) is 0 Å². The van der Waals surface area contributed by atoms with Crippen LogP contribution >= 0.6 is 15.9 Å². The third-order valence-electron chi connectivity index (χ3n) is 4.51. The summed E-state index contributed by atoms with van der Waals surface area (Å²) in [6.07, 6.45) is 3.47. The Kier molecular flexibility index (Phi) is 5.38. The first-order valence-electron chi connectivity index (χ1n) is 8.18. The van der Waals surface area contributed by atoms with Crippen LogP contribution in [0.25, 0.3) is 0 Å². The van der Waals surface area contributed by atoms with Crippen LogP contribution in [0.1, 0.15) is 29.8 Å². The summed E-state index contributed by atoms with van der Waals surface area (Å²) in [6.45, 7) is 4.97. The molecule has 0 bridgehead atoms. The zero-order valence-corrected chi connectivity index (χ0v) is 14.8. The molecule has 0 aromatic carbocycles. The van der Waals surface area contributed by atoms with Crippen molar-refractivity contribution in [1.82, 2.24) is 14.7 Å². The van der Waals surface area contributed by atoms with Crippen LogP contribution in [0, 0.1) is 0 Å². The number of nitrogens with zero attached hydrogens (tertiary/aromatic N) is 3. The smallest absolute Gasteiger partial charge is 0.289 e. The van der Waals surface area contributed by atoms with E-state index >= 15 is 0 Å². The Bertz CT molecular complexity index is 561. The van der Waals surface area contributed by atoms with Crippen LogP contribution in [0.5, 0.6) is 0 Å². The second-order valence-electron chi connectivity index (χ2n) is 6.11. The van der Waals surface area contributed by atoms with Gasteiger partial charge in [0.15, 0.2) is 10.4 Å². The van der Waals surface area contributed by atoms with Gasteiger partial charge in [0.25, 0.3) is 5.91 Å². The van der Waals surface area contributed by atoms with E-state index in [1.807, 2.05) is 4.90 Å².